The van der Waals surface area contributed by atoms with E-state index in [0.717, 1.165) is 85.6 Å². The number of allylic oxidation sites excluding steroid dienone is 2. The van der Waals surface area contributed by atoms with Crippen molar-refractivity contribution in [3.8, 4) is 67.8 Å². The minimum Gasteiger partial charge on any atom is -0.456 e. The molecule has 0 radical (unpaired) electrons. The summed E-state index contributed by atoms with van der Waals surface area (Å²) in [6.07, 6.45) is 6.27. The third kappa shape index (κ3) is 4.83. The lowest BCUT2D eigenvalue weighted by molar-refractivity contribution is 0.472. The molecule has 4 nitrogen and oxygen atoms in total. The normalized spacial score (nSPS) is 13.0. The Hall–Kier alpha value is -5.87. The summed E-state index contributed by atoms with van der Waals surface area (Å²) in [5.41, 5.74) is 9.79. The molecule has 4 heteroatoms. The van der Waals surface area contributed by atoms with Gasteiger partial charge in [0.1, 0.15) is 23.0 Å². The maximum Gasteiger partial charge on any atom is 0.136 e. The molecule has 0 unspecified atom stereocenters. The van der Waals surface area contributed by atoms with Gasteiger partial charge in [0.25, 0.3) is 0 Å². The number of aromatic nitrogens is 1. The number of hydrogen-bond acceptors (Lipinski definition) is 4. The molecule has 1 N–H and O–H groups in total. The summed E-state index contributed by atoms with van der Waals surface area (Å²) in [4.78, 5) is 5.02. The first-order valence-corrected chi connectivity index (χ1v) is 14.8. The van der Waals surface area contributed by atoms with E-state index in [1.54, 1.807) is 0 Å². The Morgan fingerprint density at radius 1 is 0.477 bits per heavy atom. The van der Waals surface area contributed by atoms with Gasteiger partial charge in [-0.1, -0.05) is 97.1 Å². The molecule has 2 aliphatic heterocycles. The van der Waals surface area contributed by atoms with E-state index >= 15 is 0 Å². The van der Waals surface area contributed by atoms with Crippen LogP contribution in [0.3, 0.4) is 0 Å². The molecule has 0 atom stereocenters. The maximum absolute atomic E-state index is 6.84. The summed E-state index contributed by atoms with van der Waals surface area (Å²) in [6.45, 7) is 0.794. The van der Waals surface area contributed by atoms with Crippen LogP contribution in [0, 0.1) is 0 Å². The fourth-order valence-electron chi connectivity index (χ4n) is 5.80. The first kappa shape index (κ1) is 25.8. The molecule has 210 valence electrons. The van der Waals surface area contributed by atoms with Crippen molar-refractivity contribution in [3.63, 3.8) is 0 Å². The Morgan fingerprint density at radius 2 is 1.05 bits per heavy atom. The fourth-order valence-corrected chi connectivity index (χ4v) is 5.80. The standard InChI is InChI=1S/C40H28N2O2/c1-2-11-27(12-3-1)35-16-10-17-36(42-35)29-21-23-33-32-22-20-28(34-15-8-9-24-41-34)25-39(32)43-37-18-6-4-13-30(37)31-14-5-7-19-38(31)44-40(33)26-29/h1-23,25-26,41H,24H2. The van der Waals surface area contributed by atoms with Crippen molar-refractivity contribution in [2.24, 2.45) is 0 Å². The molecular formula is C40H28N2O2. The molecule has 0 saturated carbocycles. The third-order valence-electron chi connectivity index (χ3n) is 7.99. The van der Waals surface area contributed by atoms with Gasteiger partial charge in [-0.2, -0.15) is 0 Å². The van der Waals surface area contributed by atoms with Gasteiger partial charge in [0.2, 0.25) is 0 Å². The average Bonchev–Trinajstić information content (AvgIpc) is 3.10. The molecule has 1 aromatic heterocycles. The molecule has 2 aliphatic rings. The van der Waals surface area contributed by atoms with Crippen LogP contribution in [0.5, 0.6) is 23.0 Å². The first-order valence-electron chi connectivity index (χ1n) is 14.8. The van der Waals surface area contributed by atoms with Crippen molar-refractivity contribution in [1.82, 2.24) is 10.3 Å². The largest absolute Gasteiger partial charge is 0.456 e. The molecule has 0 aliphatic carbocycles. The summed E-state index contributed by atoms with van der Waals surface area (Å²) in [5.74, 6) is 3.02. The van der Waals surface area contributed by atoms with Crippen LogP contribution >= 0.6 is 0 Å². The van der Waals surface area contributed by atoms with Crippen molar-refractivity contribution in [1.29, 1.82) is 0 Å². The zero-order valence-corrected chi connectivity index (χ0v) is 23.9. The number of fused-ring (bicyclic) bond motifs is 6. The highest BCUT2D eigenvalue weighted by molar-refractivity contribution is 5.85. The quantitative estimate of drug-likeness (QED) is 0.230. The van der Waals surface area contributed by atoms with Crippen molar-refractivity contribution < 1.29 is 9.47 Å². The zero-order chi connectivity index (χ0) is 29.3. The van der Waals surface area contributed by atoms with Gasteiger partial charge in [-0.3, -0.25) is 0 Å². The number of ether oxygens (including phenoxy) is 2. The van der Waals surface area contributed by atoms with E-state index in [9.17, 15) is 0 Å². The Morgan fingerprint density at radius 3 is 1.70 bits per heavy atom. The van der Waals surface area contributed by atoms with Crippen molar-refractivity contribution in [2.45, 2.75) is 0 Å². The Kier molecular flexibility index (Phi) is 6.50. The van der Waals surface area contributed by atoms with E-state index in [-0.39, 0.29) is 0 Å². The van der Waals surface area contributed by atoms with E-state index in [1.807, 2.05) is 66.7 Å². The monoisotopic (exact) mass is 568 g/mol. The van der Waals surface area contributed by atoms with E-state index in [4.69, 9.17) is 14.5 Å². The van der Waals surface area contributed by atoms with Crippen molar-refractivity contribution in [3.05, 3.63) is 157 Å². The summed E-state index contributed by atoms with van der Waals surface area (Å²) in [6, 6.07) is 45.3. The summed E-state index contributed by atoms with van der Waals surface area (Å²) in [7, 11) is 0. The number of para-hydroxylation sites is 2. The molecule has 5 aromatic carbocycles. The second kappa shape index (κ2) is 11.1. The molecule has 0 saturated heterocycles. The SMILES string of the molecule is C1=CCNC(c2ccc3c(c2)Oc2ccccc2-c2ccccc2Oc2cc(-c4cccc(-c5ccccc5)n4)ccc2-3)=C1. The smallest absolute Gasteiger partial charge is 0.136 e. The Balaban J connectivity index is 1.32. The van der Waals surface area contributed by atoms with Crippen molar-refractivity contribution in [2.75, 3.05) is 6.54 Å². The van der Waals surface area contributed by atoms with Crippen LogP contribution in [0.15, 0.2) is 152 Å². The van der Waals surface area contributed by atoms with Gasteiger partial charge < -0.3 is 14.8 Å². The third-order valence-corrected chi connectivity index (χ3v) is 7.99. The minimum atomic E-state index is 0.733. The second-order valence-electron chi connectivity index (χ2n) is 10.8. The van der Waals surface area contributed by atoms with Crippen molar-refractivity contribution >= 4 is 5.70 Å². The number of hydrogen-bond donors (Lipinski definition) is 1. The van der Waals surface area contributed by atoms with Gasteiger partial charge in [0.05, 0.1) is 11.4 Å². The van der Waals surface area contributed by atoms with Gasteiger partial charge >= 0.3 is 0 Å². The van der Waals surface area contributed by atoms with Crippen LogP contribution in [0.2, 0.25) is 0 Å². The van der Waals surface area contributed by atoms with Crippen LogP contribution in [-0.2, 0) is 0 Å². The second-order valence-corrected chi connectivity index (χ2v) is 10.8. The summed E-state index contributed by atoms with van der Waals surface area (Å²) < 4.78 is 13.6. The lowest BCUT2D eigenvalue weighted by Crippen LogP contribution is -2.14. The van der Waals surface area contributed by atoms with Crippen LogP contribution in [0.25, 0.3) is 50.5 Å². The average molecular weight is 569 g/mol. The molecule has 44 heavy (non-hydrogen) atoms. The minimum absolute atomic E-state index is 0.733. The Labute approximate surface area is 256 Å². The highest BCUT2D eigenvalue weighted by atomic mass is 16.5. The van der Waals surface area contributed by atoms with Gasteiger partial charge in [-0.05, 0) is 54.6 Å². The maximum atomic E-state index is 6.84. The number of nitrogens with zero attached hydrogens (tertiary/aromatic N) is 1. The topological polar surface area (TPSA) is 43.4 Å². The van der Waals surface area contributed by atoms with Crippen LogP contribution in [0.4, 0.5) is 0 Å². The fraction of sp³-hybridized carbons (Fsp3) is 0.0250. The Bertz CT molecular complexity index is 2080. The predicted octanol–water partition coefficient (Wildman–Crippen LogP) is 10.1. The highest BCUT2D eigenvalue weighted by Gasteiger charge is 2.22. The summed E-state index contributed by atoms with van der Waals surface area (Å²) >= 11 is 0. The van der Waals surface area contributed by atoms with E-state index in [1.165, 1.54) is 0 Å². The molecule has 0 amide bonds. The summed E-state index contributed by atoms with van der Waals surface area (Å²) in [5, 5.41) is 3.47. The van der Waals surface area contributed by atoms with Crippen LogP contribution in [0.1, 0.15) is 5.56 Å². The van der Waals surface area contributed by atoms with Gasteiger partial charge in [-0.25, -0.2) is 4.98 Å². The van der Waals surface area contributed by atoms with E-state index in [0.29, 0.717) is 0 Å². The number of dihydropyridines is 1. The lowest BCUT2D eigenvalue weighted by Gasteiger charge is -2.22. The molecule has 6 aromatic rings. The number of pyridine rings is 1. The lowest BCUT2D eigenvalue weighted by atomic mass is 9.97. The van der Waals surface area contributed by atoms with Gasteiger partial charge in [0.15, 0.2) is 0 Å². The van der Waals surface area contributed by atoms with Crippen LogP contribution < -0.4 is 14.8 Å². The van der Waals surface area contributed by atoms with E-state index in [2.05, 4.69) is 90.3 Å². The molecule has 0 fully saturated rings. The predicted molar refractivity (Wildman–Crippen MR) is 178 cm³/mol. The zero-order valence-electron chi connectivity index (χ0n) is 23.9. The van der Waals surface area contributed by atoms with Crippen LogP contribution in [-0.4, -0.2) is 11.5 Å². The molecule has 8 rings (SSSR count). The first-order chi connectivity index (χ1) is 21.8. The number of benzene rings is 5. The molecular weight excluding hydrogens is 540 g/mol. The highest BCUT2D eigenvalue weighted by Crippen LogP contribution is 2.48. The number of rotatable bonds is 3. The number of nitrogens with one attached hydrogen (secondary N) is 1. The van der Waals surface area contributed by atoms with Gasteiger partial charge in [0, 0.05) is 51.2 Å². The molecule has 3 heterocycles. The molecule has 0 spiro atoms. The molecule has 0 bridgehead atoms. The van der Waals surface area contributed by atoms with Gasteiger partial charge in [-0.15, -0.1) is 0 Å². The van der Waals surface area contributed by atoms with E-state index < -0.39 is 0 Å².